The molecule has 2 aliphatic rings. The number of likely N-dealkylation sites (tertiary alicyclic amines) is 1. The van der Waals surface area contributed by atoms with Crippen LogP contribution in [0.5, 0.6) is 0 Å². The van der Waals surface area contributed by atoms with Crippen LogP contribution in [0.15, 0.2) is 54.6 Å². The second kappa shape index (κ2) is 7.74. The summed E-state index contributed by atoms with van der Waals surface area (Å²) in [5, 5.41) is 2.85. The van der Waals surface area contributed by atoms with Gasteiger partial charge in [-0.1, -0.05) is 61.7 Å². The lowest BCUT2D eigenvalue weighted by Gasteiger charge is -2.58. The lowest BCUT2D eigenvalue weighted by atomic mass is 9.60. The van der Waals surface area contributed by atoms with Gasteiger partial charge in [0.2, 0.25) is 11.8 Å². The van der Waals surface area contributed by atoms with Crippen molar-refractivity contribution >= 4 is 11.8 Å². The quantitative estimate of drug-likeness (QED) is 0.798. The molecule has 1 aliphatic carbocycles. The number of β-lactam (4-membered cyclic amide) rings is 1. The Hall–Kier alpha value is -2.69. The molecular formula is C23H25FN2O2. The first-order valence-electron chi connectivity index (χ1n) is 9.97. The molecule has 1 aliphatic heterocycles. The summed E-state index contributed by atoms with van der Waals surface area (Å²) < 4.78 is 13.0. The first-order chi connectivity index (χ1) is 13.6. The lowest BCUT2D eigenvalue weighted by molar-refractivity contribution is -0.180. The summed E-state index contributed by atoms with van der Waals surface area (Å²) >= 11 is 0. The van der Waals surface area contributed by atoms with Crippen LogP contribution in [0.1, 0.15) is 49.3 Å². The zero-order valence-corrected chi connectivity index (χ0v) is 15.9. The van der Waals surface area contributed by atoms with E-state index in [2.05, 4.69) is 17.4 Å². The Morgan fingerprint density at radius 2 is 1.71 bits per heavy atom. The molecule has 4 nitrogen and oxygen atoms in total. The van der Waals surface area contributed by atoms with Crippen molar-refractivity contribution in [2.24, 2.45) is 5.41 Å². The van der Waals surface area contributed by atoms with Crippen LogP contribution in [0, 0.1) is 11.2 Å². The van der Waals surface area contributed by atoms with Gasteiger partial charge in [0.05, 0.1) is 11.5 Å². The zero-order valence-electron chi connectivity index (χ0n) is 15.9. The first kappa shape index (κ1) is 18.7. The molecule has 1 heterocycles. The monoisotopic (exact) mass is 380 g/mol. The Bertz CT molecular complexity index is 845. The highest BCUT2D eigenvalue weighted by Gasteiger charge is 2.60. The molecule has 1 N–H and O–H groups in total. The van der Waals surface area contributed by atoms with Gasteiger partial charge in [-0.25, -0.2) is 4.39 Å². The van der Waals surface area contributed by atoms with E-state index in [1.54, 1.807) is 17.0 Å². The number of amides is 2. The minimum absolute atomic E-state index is 0.0296. The normalized spacial score (nSPS) is 20.7. The van der Waals surface area contributed by atoms with Crippen molar-refractivity contribution < 1.29 is 14.0 Å². The molecule has 0 radical (unpaired) electrons. The summed E-state index contributed by atoms with van der Waals surface area (Å²) in [6.45, 7) is 0.379. The van der Waals surface area contributed by atoms with Gasteiger partial charge in [-0.15, -0.1) is 0 Å². The molecule has 28 heavy (non-hydrogen) atoms. The highest BCUT2D eigenvalue weighted by Crippen LogP contribution is 2.57. The van der Waals surface area contributed by atoms with Crippen LogP contribution in [-0.2, 0) is 16.1 Å². The molecule has 2 fully saturated rings. The van der Waals surface area contributed by atoms with Crippen molar-refractivity contribution in [2.45, 2.75) is 44.7 Å². The topological polar surface area (TPSA) is 49.4 Å². The maximum absolute atomic E-state index is 13.1. The van der Waals surface area contributed by atoms with E-state index in [-0.39, 0.29) is 35.6 Å². The van der Waals surface area contributed by atoms with Crippen LogP contribution >= 0.6 is 0 Å². The van der Waals surface area contributed by atoms with Gasteiger partial charge < -0.3 is 10.2 Å². The molecule has 1 spiro atoms. The van der Waals surface area contributed by atoms with Crippen LogP contribution < -0.4 is 5.32 Å². The van der Waals surface area contributed by atoms with Gasteiger partial charge in [0, 0.05) is 6.54 Å². The molecule has 1 saturated carbocycles. The van der Waals surface area contributed by atoms with E-state index in [1.807, 2.05) is 18.2 Å². The molecule has 2 aromatic rings. The fourth-order valence-corrected chi connectivity index (χ4v) is 4.73. The molecule has 2 aromatic carbocycles. The van der Waals surface area contributed by atoms with Crippen LogP contribution in [0.2, 0.25) is 0 Å². The number of hydrogen-bond acceptors (Lipinski definition) is 2. The van der Waals surface area contributed by atoms with Crippen molar-refractivity contribution in [1.82, 2.24) is 10.2 Å². The predicted molar refractivity (Wildman–Crippen MR) is 105 cm³/mol. The van der Waals surface area contributed by atoms with Gasteiger partial charge in [0.25, 0.3) is 0 Å². The summed E-state index contributed by atoms with van der Waals surface area (Å²) in [5.74, 6) is -0.382. The number of hydrogen-bond donors (Lipinski definition) is 1. The first-order valence-corrected chi connectivity index (χ1v) is 9.97. The van der Waals surface area contributed by atoms with Crippen molar-refractivity contribution in [3.63, 3.8) is 0 Å². The van der Waals surface area contributed by atoms with E-state index in [1.165, 1.54) is 18.6 Å². The highest BCUT2D eigenvalue weighted by molar-refractivity contribution is 5.94. The van der Waals surface area contributed by atoms with Gasteiger partial charge >= 0.3 is 0 Å². The van der Waals surface area contributed by atoms with E-state index < -0.39 is 0 Å². The second-order valence-electron chi connectivity index (χ2n) is 7.87. The predicted octanol–water partition coefficient (Wildman–Crippen LogP) is 3.98. The van der Waals surface area contributed by atoms with Crippen molar-refractivity contribution in [1.29, 1.82) is 0 Å². The van der Waals surface area contributed by atoms with E-state index in [4.69, 9.17) is 0 Å². The molecule has 1 saturated heterocycles. The van der Waals surface area contributed by atoms with Crippen LogP contribution in [-0.4, -0.2) is 23.3 Å². The van der Waals surface area contributed by atoms with Crippen LogP contribution in [0.25, 0.3) is 0 Å². The van der Waals surface area contributed by atoms with E-state index in [0.717, 1.165) is 36.8 Å². The highest BCUT2D eigenvalue weighted by atomic mass is 19.1. The van der Waals surface area contributed by atoms with Crippen LogP contribution in [0.3, 0.4) is 0 Å². The summed E-state index contributed by atoms with van der Waals surface area (Å²) in [5.41, 5.74) is 1.60. The summed E-state index contributed by atoms with van der Waals surface area (Å²) in [4.78, 5) is 27.3. The molecule has 146 valence electrons. The molecule has 2 amide bonds. The van der Waals surface area contributed by atoms with Gasteiger partial charge in [-0.05, 0) is 36.1 Å². The SMILES string of the molecule is O=C(CN1C(=O)C2(CCCCC2)C1c1ccccc1)NCc1ccc(F)cc1. The fraction of sp³-hybridized carbons (Fsp3) is 0.391. The van der Waals surface area contributed by atoms with E-state index in [0.29, 0.717) is 6.54 Å². The maximum atomic E-state index is 13.1. The molecular weight excluding hydrogens is 355 g/mol. The van der Waals surface area contributed by atoms with E-state index in [9.17, 15) is 14.0 Å². The summed E-state index contributed by atoms with van der Waals surface area (Å²) in [6, 6.07) is 16.1. The summed E-state index contributed by atoms with van der Waals surface area (Å²) in [7, 11) is 0. The minimum Gasteiger partial charge on any atom is -0.350 e. The van der Waals surface area contributed by atoms with Crippen LogP contribution in [0.4, 0.5) is 4.39 Å². The molecule has 0 aromatic heterocycles. The second-order valence-corrected chi connectivity index (χ2v) is 7.87. The smallest absolute Gasteiger partial charge is 0.239 e. The lowest BCUT2D eigenvalue weighted by Crippen LogP contribution is -2.65. The van der Waals surface area contributed by atoms with Crippen molar-refractivity contribution in [3.8, 4) is 0 Å². The average molecular weight is 380 g/mol. The third-order valence-electron chi connectivity index (χ3n) is 6.10. The summed E-state index contributed by atoms with van der Waals surface area (Å²) in [6.07, 6.45) is 5.12. The molecule has 4 rings (SSSR count). The largest absolute Gasteiger partial charge is 0.350 e. The zero-order chi connectivity index (χ0) is 19.6. The standard InChI is InChI=1S/C23H25FN2O2/c24-19-11-9-17(10-12-19)15-25-20(27)16-26-21(18-7-3-1-4-8-18)23(22(26)28)13-5-2-6-14-23/h1,3-4,7-12,21H,2,5-6,13-16H2,(H,25,27). The van der Waals surface area contributed by atoms with E-state index >= 15 is 0 Å². The van der Waals surface area contributed by atoms with Gasteiger partial charge in [0.1, 0.15) is 12.4 Å². The fourth-order valence-electron chi connectivity index (χ4n) is 4.73. The number of nitrogens with zero attached hydrogens (tertiary/aromatic N) is 1. The molecule has 1 atom stereocenters. The van der Waals surface area contributed by atoms with Gasteiger partial charge in [-0.2, -0.15) is 0 Å². The molecule has 0 bridgehead atoms. The number of nitrogens with one attached hydrogen (secondary N) is 1. The Kier molecular flexibility index (Phi) is 5.16. The Labute approximate surface area is 164 Å². The minimum atomic E-state index is -0.336. The van der Waals surface area contributed by atoms with Crippen molar-refractivity contribution in [2.75, 3.05) is 6.54 Å². The number of carbonyl (C=O) groups is 2. The third-order valence-corrected chi connectivity index (χ3v) is 6.10. The number of rotatable bonds is 5. The van der Waals surface area contributed by atoms with Gasteiger partial charge in [-0.3, -0.25) is 9.59 Å². The molecule has 5 heteroatoms. The Morgan fingerprint density at radius 1 is 1.04 bits per heavy atom. The maximum Gasteiger partial charge on any atom is 0.239 e. The number of halogens is 1. The number of carbonyl (C=O) groups excluding carboxylic acids is 2. The van der Waals surface area contributed by atoms with Crippen molar-refractivity contribution in [3.05, 3.63) is 71.5 Å². The Morgan fingerprint density at radius 3 is 2.39 bits per heavy atom. The van der Waals surface area contributed by atoms with Gasteiger partial charge in [0.15, 0.2) is 0 Å². The Balaban J connectivity index is 1.45. The molecule has 1 unspecified atom stereocenters. The average Bonchev–Trinajstić information content (AvgIpc) is 2.74. The number of benzene rings is 2. The third kappa shape index (κ3) is 3.41.